The van der Waals surface area contributed by atoms with Crippen molar-refractivity contribution in [2.75, 3.05) is 26.7 Å². The van der Waals surface area contributed by atoms with E-state index in [1.54, 1.807) is 0 Å². The summed E-state index contributed by atoms with van der Waals surface area (Å²) in [7, 11) is 2.26. The fourth-order valence-corrected chi connectivity index (χ4v) is 2.38. The first-order valence-corrected chi connectivity index (χ1v) is 4.21. The van der Waals surface area contributed by atoms with Gasteiger partial charge in [-0.2, -0.15) is 0 Å². The van der Waals surface area contributed by atoms with Crippen LogP contribution in [0.25, 0.3) is 0 Å². The molecule has 0 aromatic rings. The average molecular weight is 142 g/mol. The third kappa shape index (κ3) is 0.867. The lowest BCUT2D eigenvalue weighted by molar-refractivity contribution is -0.928. The van der Waals surface area contributed by atoms with E-state index in [1.165, 1.54) is 25.9 Å². The monoisotopic (exact) mass is 142 g/mol. The number of aliphatic hydroxyl groups is 1. The van der Waals surface area contributed by atoms with Gasteiger partial charge in [0.2, 0.25) is 0 Å². The van der Waals surface area contributed by atoms with Crippen molar-refractivity contribution in [2.24, 2.45) is 5.92 Å². The molecule has 0 radical (unpaired) electrons. The first-order valence-electron chi connectivity index (χ1n) is 4.21. The Morgan fingerprint density at radius 3 is 2.20 bits per heavy atom. The number of rotatable bonds is 0. The van der Waals surface area contributed by atoms with Crippen LogP contribution in [0, 0.1) is 5.92 Å². The number of hydrogen-bond donors (Lipinski definition) is 1. The summed E-state index contributed by atoms with van der Waals surface area (Å²) in [6.45, 7) is 3.59. The van der Waals surface area contributed by atoms with E-state index in [2.05, 4.69) is 7.05 Å². The smallest absolute Gasteiger partial charge is 0.106 e. The Morgan fingerprint density at radius 1 is 1.30 bits per heavy atom. The van der Waals surface area contributed by atoms with Gasteiger partial charge in [-0.1, -0.05) is 0 Å². The highest BCUT2D eigenvalue weighted by Gasteiger charge is 2.42. The van der Waals surface area contributed by atoms with Gasteiger partial charge in [0.05, 0.1) is 20.1 Å². The van der Waals surface area contributed by atoms with Crippen molar-refractivity contribution >= 4 is 0 Å². The van der Waals surface area contributed by atoms with Crippen molar-refractivity contribution in [3.63, 3.8) is 0 Å². The molecule has 0 aromatic heterocycles. The molecular formula is C8H16NO+. The van der Waals surface area contributed by atoms with Gasteiger partial charge >= 0.3 is 0 Å². The molecule has 2 bridgehead atoms. The molecule has 3 heterocycles. The summed E-state index contributed by atoms with van der Waals surface area (Å²) in [4.78, 5) is 0. The van der Waals surface area contributed by atoms with Crippen LogP contribution < -0.4 is 0 Å². The molecule has 1 N–H and O–H groups in total. The van der Waals surface area contributed by atoms with Gasteiger partial charge in [-0.3, -0.25) is 0 Å². The number of nitrogens with zero attached hydrogens (tertiary/aromatic N) is 1. The van der Waals surface area contributed by atoms with Crippen molar-refractivity contribution in [1.29, 1.82) is 0 Å². The van der Waals surface area contributed by atoms with Crippen molar-refractivity contribution in [1.82, 2.24) is 0 Å². The van der Waals surface area contributed by atoms with Crippen LogP contribution in [-0.2, 0) is 0 Å². The Kier molecular flexibility index (Phi) is 1.29. The van der Waals surface area contributed by atoms with Gasteiger partial charge in [0.1, 0.15) is 12.6 Å². The molecule has 3 aliphatic rings. The Bertz CT molecular complexity index is 138. The lowest BCUT2D eigenvalue weighted by atomic mass is 9.84. The first-order chi connectivity index (χ1) is 4.70. The minimum Gasteiger partial charge on any atom is -0.387 e. The minimum absolute atomic E-state index is 0.00694. The Hall–Kier alpha value is -0.0800. The molecule has 58 valence electrons. The molecule has 2 nitrogen and oxygen atoms in total. The second-order valence-electron chi connectivity index (χ2n) is 4.15. The van der Waals surface area contributed by atoms with Crippen LogP contribution in [-0.4, -0.2) is 42.4 Å². The van der Waals surface area contributed by atoms with Gasteiger partial charge in [-0.25, -0.2) is 0 Å². The van der Waals surface area contributed by atoms with Crippen LogP contribution in [0.5, 0.6) is 0 Å². The summed E-state index contributed by atoms with van der Waals surface area (Å²) in [5, 5.41) is 9.55. The molecule has 0 aliphatic carbocycles. The molecule has 0 unspecified atom stereocenters. The predicted molar refractivity (Wildman–Crippen MR) is 39.5 cm³/mol. The molecule has 0 spiro atoms. The standard InChI is InChI=1S/C8H16NO/c1-9-4-2-7(3-5-9)8(10)6-9/h7-8,10H,2-6H2,1H3/q+1/t7?,8-,9?/m0/s1. The van der Waals surface area contributed by atoms with E-state index in [0.717, 1.165) is 11.0 Å². The van der Waals surface area contributed by atoms with E-state index in [-0.39, 0.29) is 6.10 Å². The van der Waals surface area contributed by atoms with Crippen molar-refractivity contribution in [2.45, 2.75) is 18.9 Å². The molecule has 1 atom stereocenters. The summed E-state index contributed by atoms with van der Waals surface area (Å²) in [5.41, 5.74) is 0. The normalized spacial score (nSPS) is 53.4. The third-order valence-corrected chi connectivity index (χ3v) is 3.25. The average Bonchev–Trinajstić information content (AvgIpc) is 1.87. The maximum Gasteiger partial charge on any atom is 0.106 e. The molecule has 0 aromatic carbocycles. The van der Waals surface area contributed by atoms with Gasteiger partial charge in [-0.05, 0) is 0 Å². The Morgan fingerprint density at radius 2 is 1.90 bits per heavy atom. The molecule has 10 heavy (non-hydrogen) atoms. The number of quaternary nitrogens is 1. The summed E-state index contributed by atoms with van der Waals surface area (Å²) < 4.78 is 1.12. The molecular weight excluding hydrogens is 126 g/mol. The van der Waals surface area contributed by atoms with E-state index in [0.29, 0.717) is 5.92 Å². The molecule has 2 heteroatoms. The van der Waals surface area contributed by atoms with Crippen LogP contribution in [0.4, 0.5) is 0 Å². The predicted octanol–water partition coefficient (Wildman–Crippen LogP) is 0.218. The largest absolute Gasteiger partial charge is 0.387 e. The Labute approximate surface area is 62.0 Å². The topological polar surface area (TPSA) is 20.2 Å². The van der Waals surface area contributed by atoms with Gasteiger partial charge < -0.3 is 9.59 Å². The zero-order chi connectivity index (χ0) is 7.19. The summed E-state index contributed by atoms with van der Waals surface area (Å²) >= 11 is 0. The van der Waals surface area contributed by atoms with Crippen molar-refractivity contribution in [3.05, 3.63) is 0 Å². The van der Waals surface area contributed by atoms with Gasteiger partial charge in [-0.15, -0.1) is 0 Å². The molecule has 3 saturated heterocycles. The second-order valence-corrected chi connectivity index (χ2v) is 4.15. The lowest BCUT2D eigenvalue weighted by Gasteiger charge is -2.48. The first kappa shape index (κ1) is 6.62. The SMILES string of the molecule is C[N+]12CCC(CC1)[C@@H](O)C2. The minimum atomic E-state index is 0.00694. The van der Waals surface area contributed by atoms with Crippen LogP contribution in [0.3, 0.4) is 0 Å². The highest BCUT2D eigenvalue weighted by molar-refractivity contribution is 4.78. The zero-order valence-electron chi connectivity index (χ0n) is 6.58. The number of piperidine rings is 3. The van der Waals surface area contributed by atoms with Crippen LogP contribution >= 0.6 is 0 Å². The van der Waals surface area contributed by atoms with E-state index in [9.17, 15) is 5.11 Å². The van der Waals surface area contributed by atoms with Crippen LogP contribution in [0.1, 0.15) is 12.8 Å². The number of likely N-dealkylation sites (N-methyl/N-ethyl adjacent to an activating group) is 1. The fraction of sp³-hybridized carbons (Fsp3) is 1.00. The van der Waals surface area contributed by atoms with Crippen LogP contribution in [0.2, 0.25) is 0 Å². The lowest BCUT2D eigenvalue weighted by Crippen LogP contribution is -2.61. The zero-order valence-corrected chi connectivity index (χ0v) is 6.58. The van der Waals surface area contributed by atoms with E-state index >= 15 is 0 Å². The third-order valence-electron chi connectivity index (χ3n) is 3.25. The molecule has 3 fully saturated rings. The summed E-state index contributed by atoms with van der Waals surface area (Å²) in [6.07, 6.45) is 2.50. The Balaban J connectivity index is 2.14. The molecule has 0 amide bonds. The van der Waals surface area contributed by atoms with Crippen molar-refractivity contribution < 1.29 is 9.59 Å². The van der Waals surface area contributed by atoms with E-state index in [4.69, 9.17) is 0 Å². The quantitative estimate of drug-likeness (QED) is 0.480. The summed E-state index contributed by atoms with van der Waals surface area (Å²) in [5.74, 6) is 0.639. The van der Waals surface area contributed by atoms with E-state index in [1.807, 2.05) is 0 Å². The van der Waals surface area contributed by atoms with Gasteiger partial charge in [0.25, 0.3) is 0 Å². The second kappa shape index (κ2) is 1.95. The van der Waals surface area contributed by atoms with Crippen LogP contribution in [0.15, 0.2) is 0 Å². The highest BCUT2D eigenvalue weighted by Crippen LogP contribution is 2.31. The maximum atomic E-state index is 9.55. The molecule has 3 aliphatic heterocycles. The molecule has 0 saturated carbocycles. The number of fused-ring (bicyclic) bond motifs is 3. The van der Waals surface area contributed by atoms with Gasteiger partial charge in [0, 0.05) is 18.8 Å². The highest BCUT2D eigenvalue weighted by atomic mass is 16.3. The van der Waals surface area contributed by atoms with Gasteiger partial charge in [0.15, 0.2) is 0 Å². The number of hydrogen-bond acceptors (Lipinski definition) is 1. The van der Waals surface area contributed by atoms with E-state index < -0.39 is 0 Å². The summed E-state index contributed by atoms with van der Waals surface area (Å²) in [6, 6.07) is 0. The number of aliphatic hydroxyl groups excluding tert-OH is 1. The maximum absolute atomic E-state index is 9.55. The van der Waals surface area contributed by atoms with Crippen molar-refractivity contribution in [3.8, 4) is 0 Å². The molecule has 3 rings (SSSR count). The fourth-order valence-electron chi connectivity index (χ4n) is 2.38.